The average Bonchev–Trinajstić information content (AvgIpc) is 2.47. The average molecular weight is 288 g/mol. The van der Waals surface area contributed by atoms with E-state index in [-0.39, 0.29) is 11.8 Å². The van der Waals surface area contributed by atoms with Crippen molar-refractivity contribution in [2.75, 3.05) is 12.4 Å². The van der Waals surface area contributed by atoms with Crippen LogP contribution in [0.4, 0.5) is 10.5 Å². The quantitative estimate of drug-likeness (QED) is 0.857. The van der Waals surface area contributed by atoms with Gasteiger partial charge in [-0.05, 0) is 62.8 Å². The summed E-state index contributed by atoms with van der Waals surface area (Å²) in [6, 6.07) is 7.26. The van der Waals surface area contributed by atoms with E-state index in [4.69, 9.17) is 0 Å². The fourth-order valence-electron chi connectivity index (χ4n) is 2.80. The van der Waals surface area contributed by atoms with Gasteiger partial charge in [0.15, 0.2) is 5.78 Å². The molecule has 1 aliphatic carbocycles. The fraction of sp³-hybridized carbons (Fsp3) is 0.529. The van der Waals surface area contributed by atoms with Crippen molar-refractivity contribution >= 4 is 17.5 Å². The summed E-state index contributed by atoms with van der Waals surface area (Å²) in [5.74, 6) is 0.804. The lowest BCUT2D eigenvalue weighted by molar-refractivity contribution is 0.101. The predicted molar refractivity (Wildman–Crippen MR) is 84.6 cm³/mol. The van der Waals surface area contributed by atoms with E-state index in [1.165, 1.54) is 19.8 Å². The van der Waals surface area contributed by atoms with Crippen molar-refractivity contribution in [3.8, 4) is 0 Å². The van der Waals surface area contributed by atoms with Gasteiger partial charge in [0.2, 0.25) is 0 Å². The molecule has 1 N–H and O–H groups in total. The Labute approximate surface area is 126 Å². The van der Waals surface area contributed by atoms with Gasteiger partial charge in [0.05, 0.1) is 0 Å². The molecule has 0 atom stereocenters. The number of carbonyl (C=O) groups excluding carboxylic acids is 2. The van der Waals surface area contributed by atoms with Crippen molar-refractivity contribution in [1.82, 2.24) is 4.90 Å². The SMILES string of the molecule is CC(=O)c1ccc(NC(=O)N(C)C2CCC(C)CC2)cc1. The zero-order valence-electron chi connectivity index (χ0n) is 13.1. The van der Waals surface area contributed by atoms with Gasteiger partial charge in [-0.2, -0.15) is 0 Å². The highest BCUT2D eigenvalue weighted by Crippen LogP contribution is 2.26. The first-order chi connectivity index (χ1) is 9.97. The third kappa shape index (κ3) is 4.06. The van der Waals surface area contributed by atoms with Gasteiger partial charge in [0, 0.05) is 24.3 Å². The zero-order valence-corrected chi connectivity index (χ0v) is 13.1. The molecule has 2 amide bonds. The number of urea groups is 1. The van der Waals surface area contributed by atoms with Gasteiger partial charge in [0.1, 0.15) is 0 Å². The van der Waals surface area contributed by atoms with E-state index in [9.17, 15) is 9.59 Å². The van der Waals surface area contributed by atoms with Crippen LogP contribution in [0.1, 0.15) is 49.9 Å². The number of amides is 2. The summed E-state index contributed by atoms with van der Waals surface area (Å²) in [5.41, 5.74) is 1.38. The molecule has 0 aliphatic heterocycles. The number of nitrogens with one attached hydrogen (secondary N) is 1. The summed E-state index contributed by atoms with van der Waals surface area (Å²) < 4.78 is 0. The van der Waals surface area contributed by atoms with Crippen LogP contribution in [0.25, 0.3) is 0 Å². The Morgan fingerprint density at radius 2 is 1.67 bits per heavy atom. The van der Waals surface area contributed by atoms with Gasteiger partial charge in [-0.15, -0.1) is 0 Å². The second-order valence-corrected chi connectivity index (χ2v) is 6.09. The second kappa shape index (κ2) is 6.74. The minimum absolute atomic E-state index is 0.0290. The minimum atomic E-state index is -0.0786. The summed E-state index contributed by atoms with van der Waals surface area (Å²) in [4.78, 5) is 25.3. The summed E-state index contributed by atoms with van der Waals surface area (Å²) in [6.07, 6.45) is 4.54. The van der Waals surface area contributed by atoms with Gasteiger partial charge in [0.25, 0.3) is 0 Å². The molecule has 2 rings (SSSR count). The van der Waals surface area contributed by atoms with E-state index in [2.05, 4.69) is 12.2 Å². The Morgan fingerprint density at radius 3 is 2.19 bits per heavy atom. The highest BCUT2D eigenvalue weighted by atomic mass is 16.2. The first kappa shape index (κ1) is 15.5. The van der Waals surface area contributed by atoms with E-state index >= 15 is 0 Å². The van der Waals surface area contributed by atoms with Crippen LogP contribution in [0.15, 0.2) is 24.3 Å². The number of benzene rings is 1. The third-order valence-corrected chi connectivity index (χ3v) is 4.40. The van der Waals surface area contributed by atoms with Crippen LogP contribution in [-0.2, 0) is 0 Å². The molecule has 1 saturated carbocycles. The Hall–Kier alpha value is -1.84. The first-order valence-corrected chi connectivity index (χ1v) is 7.62. The molecular weight excluding hydrogens is 264 g/mol. The highest BCUT2D eigenvalue weighted by Gasteiger charge is 2.24. The first-order valence-electron chi connectivity index (χ1n) is 7.62. The van der Waals surface area contributed by atoms with E-state index in [0.717, 1.165) is 24.4 Å². The number of carbonyl (C=O) groups is 2. The highest BCUT2D eigenvalue weighted by molar-refractivity contribution is 5.95. The zero-order chi connectivity index (χ0) is 15.4. The van der Waals surface area contributed by atoms with Crippen LogP contribution >= 0.6 is 0 Å². The largest absolute Gasteiger partial charge is 0.325 e. The number of nitrogens with zero attached hydrogens (tertiary/aromatic N) is 1. The maximum absolute atomic E-state index is 12.3. The van der Waals surface area contributed by atoms with Crippen LogP contribution < -0.4 is 5.32 Å². The van der Waals surface area contributed by atoms with Gasteiger partial charge in [-0.25, -0.2) is 4.79 Å². The number of hydrogen-bond acceptors (Lipinski definition) is 2. The molecule has 4 heteroatoms. The summed E-state index contributed by atoms with van der Waals surface area (Å²) in [7, 11) is 1.86. The monoisotopic (exact) mass is 288 g/mol. The Balaban J connectivity index is 1.92. The molecule has 0 unspecified atom stereocenters. The molecule has 0 bridgehead atoms. The van der Waals surface area contributed by atoms with E-state index in [1.807, 2.05) is 11.9 Å². The lowest BCUT2D eigenvalue weighted by Gasteiger charge is -2.33. The molecule has 0 spiro atoms. The third-order valence-electron chi connectivity index (χ3n) is 4.40. The topological polar surface area (TPSA) is 49.4 Å². The van der Waals surface area contributed by atoms with Crippen LogP contribution in [0.2, 0.25) is 0 Å². The minimum Gasteiger partial charge on any atom is -0.325 e. The van der Waals surface area contributed by atoms with E-state index in [0.29, 0.717) is 11.6 Å². The number of rotatable bonds is 3. The molecule has 114 valence electrons. The lowest BCUT2D eigenvalue weighted by Crippen LogP contribution is -2.41. The normalized spacial score (nSPS) is 21.7. The van der Waals surface area contributed by atoms with E-state index < -0.39 is 0 Å². The Kier molecular flexibility index (Phi) is 4.99. The standard InChI is InChI=1S/C17H24N2O2/c1-12-4-10-16(11-5-12)19(3)17(21)18-15-8-6-14(7-9-15)13(2)20/h6-9,12,16H,4-5,10-11H2,1-3H3,(H,18,21). The molecule has 21 heavy (non-hydrogen) atoms. The maximum atomic E-state index is 12.3. The lowest BCUT2D eigenvalue weighted by atomic mass is 9.87. The molecule has 0 heterocycles. The predicted octanol–water partition coefficient (Wildman–Crippen LogP) is 3.93. The van der Waals surface area contributed by atoms with Crippen molar-refractivity contribution in [3.63, 3.8) is 0 Å². The fourth-order valence-corrected chi connectivity index (χ4v) is 2.80. The van der Waals surface area contributed by atoms with Crippen molar-refractivity contribution < 1.29 is 9.59 Å². The van der Waals surface area contributed by atoms with Crippen molar-refractivity contribution in [1.29, 1.82) is 0 Å². The summed E-state index contributed by atoms with van der Waals surface area (Å²) in [5, 5.41) is 2.89. The molecule has 4 nitrogen and oxygen atoms in total. The Bertz CT molecular complexity index is 502. The van der Waals surface area contributed by atoms with Crippen LogP contribution in [0.3, 0.4) is 0 Å². The molecular formula is C17H24N2O2. The van der Waals surface area contributed by atoms with Gasteiger partial charge in [-0.3, -0.25) is 4.79 Å². The molecule has 1 aromatic rings. The Morgan fingerprint density at radius 1 is 1.10 bits per heavy atom. The van der Waals surface area contributed by atoms with Crippen molar-refractivity contribution in [2.45, 2.75) is 45.6 Å². The number of anilines is 1. The van der Waals surface area contributed by atoms with Crippen molar-refractivity contribution in [3.05, 3.63) is 29.8 Å². The molecule has 1 fully saturated rings. The molecule has 1 aliphatic rings. The van der Waals surface area contributed by atoms with E-state index in [1.54, 1.807) is 24.3 Å². The molecule has 0 radical (unpaired) electrons. The molecule has 1 aromatic carbocycles. The summed E-state index contributed by atoms with van der Waals surface area (Å²) >= 11 is 0. The van der Waals surface area contributed by atoms with Gasteiger partial charge in [-0.1, -0.05) is 6.92 Å². The van der Waals surface area contributed by atoms with Crippen LogP contribution in [-0.4, -0.2) is 29.8 Å². The van der Waals surface area contributed by atoms with Gasteiger partial charge < -0.3 is 10.2 Å². The second-order valence-electron chi connectivity index (χ2n) is 6.09. The van der Waals surface area contributed by atoms with Crippen LogP contribution in [0, 0.1) is 5.92 Å². The molecule has 0 saturated heterocycles. The maximum Gasteiger partial charge on any atom is 0.321 e. The number of ketones is 1. The smallest absolute Gasteiger partial charge is 0.321 e. The molecule has 0 aromatic heterocycles. The van der Waals surface area contributed by atoms with Crippen LogP contribution in [0.5, 0.6) is 0 Å². The number of Topliss-reactive ketones (excluding diaryl/α,β-unsaturated/α-hetero) is 1. The van der Waals surface area contributed by atoms with Gasteiger partial charge >= 0.3 is 6.03 Å². The number of hydrogen-bond donors (Lipinski definition) is 1. The summed E-state index contributed by atoms with van der Waals surface area (Å²) in [6.45, 7) is 3.80. The van der Waals surface area contributed by atoms with Crippen molar-refractivity contribution in [2.24, 2.45) is 5.92 Å².